The number of nitrogens with zero attached hydrogens (tertiary/aromatic N) is 2. The van der Waals surface area contributed by atoms with Crippen LogP contribution >= 0.6 is 0 Å². The Labute approximate surface area is 161 Å². The van der Waals surface area contributed by atoms with Gasteiger partial charge >= 0.3 is 0 Å². The molecule has 146 valence electrons. The van der Waals surface area contributed by atoms with Crippen LogP contribution in [0.15, 0.2) is 40.9 Å². The highest BCUT2D eigenvalue weighted by Gasteiger charge is 2.28. The Morgan fingerprint density at radius 3 is 2.43 bits per heavy atom. The van der Waals surface area contributed by atoms with Gasteiger partial charge in [0.05, 0.1) is 19.9 Å². The van der Waals surface area contributed by atoms with E-state index in [1.165, 1.54) is 12.1 Å². The molecule has 7 heteroatoms. The normalized spacial score (nSPS) is 15.0. The van der Waals surface area contributed by atoms with Gasteiger partial charge in [0.2, 0.25) is 0 Å². The maximum atomic E-state index is 13.3. The van der Waals surface area contributed by atoms with Crippen LogP contribution < -0.4 is 9.47 Å². The molecule has 0 aliphatic carbocycles. The molecule has 0 saturated carbocycles. The van der Waals surface area contributed by atoms with Crippen molar-refractivity contribution >= 4 is 16.9 Å². The topological polar surface area (TPSA) is 64.8 Å². The molecule has 28 heavy (non-hydrogen) atoms. The van der Waals surface area contributed by atoms with Crippen molar-refractivity contribution < 1.29 is 23.2 Å². The lowest BCUT2D eigenvalue weighted by molar-refractivity contribution is 0.0711. The first-order valence-electron chi connectivity index (χ1n) is 9.16. The molecule has 0 radical (unpaired) electrons. The second-order valence-corrected chi connectivity index (χ2v) is 6.88. The Morgan fingerprint density at radius 2 is 1.79 bits per heavy atom. The number of fused-ring (bicyclic) bond motifs is 1. The minimum atomic E-state index is -0.343. The summed E-state index contributed by atoms with van der Waals surface area (Å²) < 4.78 is 29.1. The number of halogens is 1. The summed E-state index contributed by atoms with van der Waals surface area (Å²) in [6, 6.07) is 9.64. The Hall–Kier alpha value is -3.09. The molecule has 2 heterocycles. The quantitative estimate of drug-likeness (QED) is 0.680. The number of rotatable bonds is 4. The monoisotopic (exact) mass is 384 g/mol. The molecule has 1 amide bonds. The van der Waals surface area contributed by atoms with E-state index in [9.17, 15) is 9.18 Å². The average molecular weight is 384 g/mol. The summed E-state index contributed by atoms with van der Waals surface area (Å²) in [4.78, 5) is 14.7. The van der Waals surface area contributed by atoms with Crippen LogP contribution in [0.3, 0.4) is 0 Å². The van der Waals surface area contributed by atoms with Crippen LogP contribution in [0.1, 0.15) is 34.8 Å². The van der Waals surface area contributed by atoms with Crippen LogP contribution in [0, 0.1) is 5.82 Å². The van der Waals surface area contributed by atoms with Crippen molar-refractivity contribution in [3.05, 3.63) is 53.5 Å². The lowest BCUT2D eigenvalue weighted by Gasteiger charge is -2.31. The maximum Gasteiger partial charge on any atom is 0.254 e. The van der Waals surface area contributed by atoms with Gasteiger partial charge < -0.3 is 18.9 Å². The maximum absolute atomic E-state index is 13.3. The Balaban J connectivity index is 1.48. The van der Waals surface area contributed by atoms with Crippen LogP contribution in [-0.2, 0) is 0 Å². The third-order valence-corrected chi connectivity index (χ3v) is 5.23. The van der Waals surface area contributed by atoms with Crippen LogP contribution in [0.4, 0.5) is 4.39 Å². The number of benzene rings is 2. The minimum Gasteiger partial charge on any atom is -0.497 e. The van der Waals surface area contributed by atoms with E-state index in [1.54, 1.807) is 38.5 Å². The number of carbonyl (C=O) groups is 1. The number of methoxy groups -OCH3 is 2. The van der Waals surface area contributed by atoms with Gasteiger partial charge in [0.1, 0.15) is 17.3 Å². The third-order valence-electron chi connectivity index (χ3n) is 5.23. The summed E-state index contributed by atoms with van der Waals surface area (Å²) >= 11 is 0. The Morgan fingerprint density at radius 1 is 1.11 bits per heavy atom. The van der Waals surface area contributed by atoms with Gasteiger partial charge in [-0.3, -0.25) is 4.79 Å². The van der Waals surface area contributed by atoms with Gasteiger partial charge in [-0.15, -0.1) is 0 Å². The molecular weight excluding hydrogens is 363 g/mol. The molecule has 6 nitrogen and oxygen atoms in total. The van der Waals surface area contributed by atoms with Crippen molar-refractivity contribution in [1.82, 2.24) is 10.1 Å². The van der Waals surface area contributed by atoms with Crippen molar-refractivity contribution in [2.75, 3.05) is 27.3 Å². The van der Waals surface area contributed by atoms with Gasteiger partial charge in [-0.05, 0) is 37.1 Å². The van der Waals surface area contributed by atoms with Crippen LogP contribution in [0.5, 0.6) is 11.5 Å². The summed E-state index contributed by atoms with van der Waals surface area (Å²) in [6.45, 7) is 1.22. The smallest absolute Gasteiger partial charge is 0.254 e. The number of aromatic nitrogens is 1. The molecule has 4 rings (SSSR count). The van der Waals surface area contributed by atoms with Crippen molar-refractivity contribution in [1.29, 1.82) is 0 Å². The first-order valence-corrected chi connectivity index (χ1v) is 9.16. The van der Waals surface area contributed by atoms with E-state index >= 15 is 0 Å². The molecule has 1 saturated heterocycles. The van der Waals surface area contributed by atoms with E-state index in [0.717, 1.165) is 23.9 Å². The molecule has 0 unspecified atom stereocenters. The number of ether oxygens (including phenoxy) is 2. The SMILES string of the molecule is COc1cc(OC)cc(C(=O)N2CCC(c3noc4cc(F)ccc34)CC2)c1. The predicted octanol–water partition coefficient (Wildman–Crippen LogP) is 4.00. The highest BCUT2D eigenvalue weighted by atomic mass is 19.1. The molecule has 2 aromatic carbocycles. The van der Waals surface area contributed by atoms with E-state index in [0.29, 0.717) is 35.7 Å². The molecular formula is C21H21FN2O4. The summed E-state index contributed by atoms with van der Waals surface area (Å²) in [6.07, 6.45) is 1.54. The summed E-state index contributed by atoms with van der Waals surface area (Å²) in [7, 11) is 3.12. The van der Waals surface area contributed by atoms with Gasteiger partial charge in [0, 0.05) is 42.1 Å². The Kier molecular flexibility index (Phi) is 4.90. The van der Waals surface area contributed by atoms with Crippen LogP contribution in [0.2, 0.25) is 0 Å². The Bertz CT molecular complexity index is 987. The van der Waals surface area contributed by atoms with E-state index in [2.05, 4.69) is 5.16 Å². The molecule has 0 spiro atoms. The van der Waals surface area contributed by atoms with E-state index in [-0.39, 0.29) is 17.6 Å². The number of carbonyl (C=O) groups excluding carboxylic acids is 1. The zero-order valence-corrected chi connectivity index (χ0v) is 15.8. The van der Waals surface area contributed by atoms with Gasteiger partial charge in [-0.25, -0.2) is 4.39 Å². The molecule has 1 aliphatic heterocycles. The number of piperidine rings is 1. The van der Waals surface area contributed by atoms with E-state index in [4.69, 9.17) is 14.0 Å². The first kappa shape index (κ1) is 18.3. The fourth-order valence-corrected chi connectivity index (χ4v) is 3.69. The lowest BCUT2D eigenvalue weighted by Crippen LogP contribution is -2.38. The predicted molar refractivity (Wildman–Crippen MR) is 101 cm³/mol. The van der Waals surface area contributed by atoms with E-state index in [1.807, 2.05) is 4.90 Å². The number of amides is 1. The second kappa shape index (κ2) is 7.50. The van der Waals surface area contributed by atoms with Crippen LogP contribution in [-0.4, -0.2) is 43.3 Å². The molecule has 1 aromatic heterocycles. The van der Waals surface area contributed by atoms with Crippen molar-refractivity contribution in [2.45, 2.75) is 18.8 Å². The lowest BCUT2D eigenvalue weighted by atomic mass is 9.91. The van der Waals surface area contributed by atoms with Gasteiger partial charge in [0.25, 0.3) is 5.91 Å². The number of hydrogen-bond acceptors (Lipinski definition) is 5. The molecule has 0 bridgehead atoms. The summed E-state index contributed by atoms with van der Waals surface area (Å²) in [5.74, 6) is 0.945. The zero-order chi connectivity index (χ0) is 19.7. The minimum absolute atomic E-state index is 0.0530. The molecule has 1 aliphatic rings. The van der Waals surface area contributed by atoms with E-state index < -0.39 is 0 Å². The first-order chi connectivity index (χ1) is 13.6. The summed E-state index contributed by atoms with van der Waals surface area (Å²) in [5.41, 5.74) is 1.83. The highest BCUT2D eigenvalue weighted by Crippen LogP contribution is 2.33. The van der Waals surface area contributed by atoms with Gasteiger partial charge in [-0.1, -0.05) is 5.16 Å². The fourth-order valence-electron chi connectivity index (χ4n) is 3.69. The number of likely N-dealkylation sites (tertiary alicyclic amines) is 1. The molecule has 0 atom stereocenters. The van der Waals surface area contributed by atoms with Gasteiger partial charge in [0.15, 0.2) is 5.58 Å². The molecule has 1 fully saturated rings. The van der Waals surface area contributed by atoms with Crippen molar-refractivity contribution in [2.24, 2.45) is 0 Å². The second-order valence-electron chi connectivity index (χ2n) is 6.88. The largest absolute Gasteiger partial charge is 0.497 e. The van der Waals surface area contributed by atoms with Crippen molar-refractivity contribution in [3.8, 4) is 11.5 Å². The molecule has 3 aromatic rings. The van der Waals surface area contributed by atoms with Gasteiger partial charge in [-0.2, -0.15) is 0 Å². The third kappa shape index (κ3) is 3.40. The fraction of sp³-hybridized carbons (Fsp3) is 0.333. The average Bonchev–Trinajstić information content (AvgIpc) is 3.15. The van der Waals surface area contributed by atoms with Crippen molar-refractivity contribution in [3.63, 3.8) is 0 Å². The van der Waals surface area contributed by atoms with Crippen LogP contribution in [0.25, 0.3) is 11.0 Å². The molecule has 0 N–H and O–H groups in total. The standard InChI is InChI=1S/C21H21FN2O4/c1-26-16-9-14(10-17(12-16)27-2)21(25)24-7-5-13(6-8-24)20-18-4-3-15(22)11-19(18)28-23-20/h3-4,9-13H,5-8H2,1-2H3. The highest BCUT2D eigenvalue weighted by molar-refractivity contribution is 5.95. The zero-order valence-electron chi connectivity index (χ0n) is 15.8. The summed E-state index contributed by atoms with van der Waals surface area (Å²) in [5, 5.41) is 4.99. The number of hydrogen-bond donors (Lipinski definition) is 0.